The molecule has 13 heteroatoms. The first-order valence-electron chi connectivity index (χ1n) is 10.7. The number of nitrogens with zero attached hydrogens (tertiary/aromatic N) is 3. The number of hydrogen-bond acceptors (Lipinski definition) is 9. The summed E-state index contributed by atoms with van der Waals surface area (Å²) in [7, 11) is -5.88. The van der Waals surface area contributed by atoms with Crippen LogP contribution in [-0.2, 0) is 24.7 Å². The first kappa shape index (κ1) is 24.8. The number of hydrogen-bond donors (Lipinski definition) is 1. The van der Waals surface area contributed by atoms with Gasteiger partial charge in [-0.3, -0.25) is 10.1 Å². The second-order valence-electron chi connectivity index (χ2n) is 8.06. The lowest BCUT2D eigenvalue weighted by atomic mass is 9.97. The van der Waals surface area contributed by atoms with Gasteiger partial charge in [-0.1, -0.05) is 11.2 Å². The molecule has 0 aliphatic carbocycles. The summed E-state index contributed by atoms with van der Waals surface area (Å²) in [6, 6.07) is 12.2. The minimum absolute atomic E-state index is 0.0477. The number of aromatic nitrogens is 2. The van der Waals surface area contributed by atoms with Crippen LogP contribution in [-0.4, -0.2) is 63.7 Å². The highest BCUT2D eigenvalue weighted by Gasteiger charge is 2.33. The molecule has 0 bridgehead atoms. The Morgan fingerprint density at radius 3 is 2.31 bits per heavy atom. The number of carbonyl (C=O) groups is 1. The number of anilines is 1. The molecule has 1 saturated heterocycles. The molecular formula is C22H24N4O7S2. The third-order valence-electron chi connectivity index (χ3n) is 5.69. The molecule has 1 amide bonds. The SMILES string of the molecule is COc1ccc(-c2nnc(NC(=O)C3CCN(S(=O)(=O)c4cccc(S(C)(=O)=O)c4)CC3)o2)cc1. The van der Waals surface area contributed by atoms with Crippen molar-refractivity contribution < 1.29 is 30.8 Å². The van der Waals surface area contributed by atoms with E-state index >= 15 is 0 Å². The molecule has 3 aromatic rings. The summed E-state index contributed by atoms with van der Waals surface area (Å²) in [6.07, 6.45) is 1.60. The highest BCUT2D eigenvalue weighted by Crippen LogP contribution is 2.27. The van der Waals surface area contributed by atoms with E-state index in [9.17, 15) is 21.6 Å². The van der Waals surface area contributed by atoms with E-state index < -0.39 is 25.8 Å². The molecule has 35 heavy (non-hydrogen) atoms. The van der Waals surface area contributed by atoms with Crippen LogP contribution in [0.4, 0.5) is 6.01 Å². The van der Waals surface area contributed by atoms with Gasteiger partial charge in [0.05, 0.1) is 16.9 Å². The Hall–Kier alpha value is -3.29. The van der Waals surface area contributed by atoms with Crippen LogP contribution in [0.3, 0.4) is 0 Å². The fourth-order valence-corrected chi connectivity index (χ4v) is 5.96. The monoisotopic (exact) mass is 520 g/mol. The number of piperidine rings is 1. The molecule has 1 aliphatic heterocycles. The van der Waals surface area contributed by atoms with Crippen LogP contribution < -0.4 is 10.1 Å². The molecule has 4 rings (SSSR count). The number of ether oxygens (including phenoxy) is 1. The van der Waals surface area contributed by atoms with Gasteiger partial charge in [-0.2, -0.15) is 4.31 Å². The van der Waals surface area contributed by atoms with Crippen molar-refractivity contribution in [2.24, 2.45) is 5.92 Å². The first-order valence-corrected chi connectivity index (χ1v) is 14.0. The quantitative estimate of drug-likeness (QED) is 0.495. The molecule has 0 atom stereocenters. The van der Waals surface area contributed by atoms with Crippen LogP contribution in [0.15, 0.2) is 62.7 Å². The number of sulfonamides is 1. The molecule has 0 saturated carbocycles. The lowest BCUT2D eigenvalue weighted by Gasteiger charge is -2.30. The summed E-state index contributed by atoms with van der Waals surface area (Å²) in [5, 5.41) is 10.4. The van der Waals surface area contributed by atoms with Crippen molar-refractivity contribution in [2.45, 2.75) is 22.6 Å². The van der Waals surface area contributed by atoms with E-state index in [1.54, 1.807) is 31.4 Å². The normalized spacial score (nSPS) is 15.6. The van der Waals surface area contributed by atoms with Crippen LogP contribution in [0.1, 0.15) is 12.8 Å². The van der Waals surface area contributed by atoms with Gasteiger partial charge in [0, 0.05) is 30.8 Å². The van der Waals surface area contributed by atoms with Crippen molar-refractivity contribution in [1.82, 2.24) is 14.5 Å². The fourth-order valence-electron chi connectivity index (χ4n) is 3.70. The molecule has 1 N–H and O–H groups in total. The maximum atomic E-state index is 13.0. The molecule has 0 spiro atoms. The van der Waals surface area contributed by atoms with Crippen molar-refractivity contribution in [3.63, 3.8) is 0 Å². The van der Waals surface area contributed by atoms with Gasteiger partial charge in [-0.25, -0.2) is 16.8 Å². The van der Waals surface area contributed by atoms with Gasteiger partial charge in [0.1, 0.15) is 5.75 Å². The van der Waals surface area contributed by atoms with E-state index in [2.05, 4.69) is 15.5 Å². The average molecular weight is 521 g/mol. The third-order valence-corrected chi connectivity index (χ3v) is 8.69. The number of amides is 1. The van der Waals surface area contributed by atoms with Gasteiger partial charge in [-0.15, -0.1) is 5.10 Å². The Morgan fingerprint density at radius 1 is 1.03 bits per heavy atom. The Morgan fingerprint density at radius 2 is 1.69 bits per heavy atom. The van der Waals surface area contributed by atoms with Crippen LogP contribution >= 0.6 is 0 Å². The van der Waals surface area contributed by atoms with Crippen molar-refractivity contribution >= 4 is 31.8 Å². The molecule has 2 aromatic carbocycles. The van der Waals surface area contributed by atoms with Gasteiger partial charge in [0.15, 0.2) is 9.84 Å². The van der Waals surface area contributed by atoms with E-state index in [-0.39, 0.29) is 53.5 Å². The Bertz CT molecular complexity index is 1430. The zero-order valence-corrected chi connectivity index (χ0v) is 20.7. The topological polar surface area (TPSA) is 149 Å². The van der Waals surface area contributed by atoms with Gasteiger partial charge in [0.2, 0.25) is 21.8 Å². The highest BCUT2D eigenvalue weighted by molar-refractivity contribution is 7.91. The molecule has 2 heterocycles. The second-order valence-corrected chi connectivity index (χ2v) is 12.0. The molecular weight excluding hydrogens is 496 g/mol. The van der Waals surface area contributed by atoms with Crippen LogP contribution in [0.2, 0.25) is 0 Å². The Labute approximate surface area is 203 Å². The van der Waals surface area contributed by atoms with Crippen LogP contribution in [0.5, 0.6) is 5.75 Å². The fraction of sp³-hybridized carbons (Fsp3) is 0.318. The van der Waals surface area contributed by atoms with Gasteiger partial charge < -0.3 is 9.15 Å². The molecule has 1 aromatic heterocycles. The van der Waals surface area contributed by atoms with E-state index in [1.807, 2.05) is 0 Å². The molecule has 0 unspecified atom stereocenters. The van der Waals surface area contributed by atoms with Crippen molar-refractivity contribution in [2.75, 3.05) is 31.8 Å². The molecule has 0 radical (unpaired) electrons. The molecule has 1 aliphatic rings. The zero-order chi connectivity index (χ0) is 25.2. The van der Waals surface area contributed by atoms with Gasteiger partial charge >= 0.3 is 6.01 Å². The standard InChI is InChI=1S/C22H24N4O7S2/c1-32-17-8-6-16(7-9-17)21-24-25-22(33-21)23-20(27)15-10-12-26(13-11-15)35(30,31)19-5-3-4-18(14-19)34(2,28)29/h3-9,14-15H,10-13H2,1-2H3,(H,23,25,27). The zero-order valence-electron chi connectivity index (χ0n) is 19.0. The van der Waals surface area contributed by atoms with E-state index in [1.165, 1.54) is 22.5 Å². The lowest BCUT2D eigenvalue weighted by molar-refractivity contribution is -0.121. The van der Waals surface area contributed by atoms with Gasteiger partial charge in [0.25, 0.3) is 0 Å². The number of methoxy groups -OCH3 is 1. The minimum Gasteiger partial charge on any atom is -0.497 e. The van der Waals surface area contributed by atoms with Crippen molar-refractivity contribution in [3.8, 4) is 17.2 Å². The maximum Gasteiger partial charge on any atom is 0.322 e. The largest absolute Gasteiger partial charge is 0.497 e. The predicted molar refractivity (Wildman–Crippen MR) is 126 cm³/mol. The van der Waals surface area contributed by atoms with Crippen LogP contribution in [0, 0.1) is 5.92 Å². The molecule has 1 fully saturated rings. The maximum absolute atomic E-state index is 13.0. The van der Waals surface area contributed by atoms with Crippen molar-refractivity contribution in [3.05, 3.63) is 48.5 Å². The number of benzene rings is 2. The van der Waals surface area contributed by atoms with E-state index in [4.69, 9.17) is 9.15 Å². The lowest BCUT2D eigenvalue weighted by Crippen LogP contribution is -2.41. The van der Waals surface area contributed by atoms with E-state index in [0.29, 0.717) is 11.3 Å². The highest BCUT2D eigenvalue weighted by atomic mass is 32.2. The molecule has 186 valence electrons. The summed E-state index contributed by atoms with van der Waals surface area (Å²) in [4.78, 5) is 12.5. The summed E-state index contributed by atoms with van der Waals surface area (Å²) in [5.41, 5.74) is 0.664. The molecule has 11 nitrogen and oxygen atoms in total. The average Bonchev–Trinajstić information content (AvgIpc) is 3.32. The number of nitrogens with one attached hydrogen (secondary N) is 1. The Balaban J connectivity index is 1.37. The third kappa shape index (κ3) is 5.52. The number of sulfone groups is 1. The first-order chi connectivity index (χ1) is 16.6. The summed E-state index contributed by atoms with van der Waals surface area (Å²) in [6.45, 7) is 0.231. The van der Waals surface area contributed by atoms with Crippen molar-refractivity contribution in [1.29, 1.82) is 0 Å². The summed E-state index contributed by atoms with van der Waals surface area (Å²) in [5.74, 6) is 0.129. The predicted octanol–water partition coefficient (Wildman–Crippen LogP) is 2.19. The summed E-state index contributed by atoms with van der Waals surface area (Å²) < 4.78 is 61.5. The van der Waals surface area contributed by atoms with Crippen LogP contribution in [0.25, 0.3) is 11.5 Å². The number of rotatable bonds is 7. The van der Waals surface area contributed by atoms with Gasteiger partial charge in [-0.05, 0) is 55.3 Å². The Kier molecular flexibility index (Phi) is 6.92. The number of carbonyl (C=O) groups excluding carboxylic acids is 1. The second kappa shape index (κ2) is 9.76. The van der Waals surface area contributed by atoms with E-state index in [0.717, 1.165) is 12.3 Å². The summed E-state index contributed by atoms with van der Waals surface area (Å²) >= 11 is 0. The smallest absolute Gasteiger partial charge is 0.322 e. The minimum atomic E-state index is -3.90.